The molecule has 2 amide bonds. The maximum absolute atomic E-state index is 12.4. The first kappa shape index (κ1) is 22.4. The van der Waals surface area contributed by atoms with E-state index in [0.29, 0.717) is 37.6 Å². The number of amides is 2. The Labute approximate surface area is 159 Å². The predicted molar refractivity (Wildman–Crippen MR) is 104 cm³/mol. The van der Waals surface area contributed by atoms with Gasteiger partial charge in [0.1, 0.15) is 6.04 Å². The number of nitrogens with two attached hydrogens (primary N) is 2. The van der Waals surface area contributed by atoms with Gasteiger partial charge in [-0.05, 0) is 30.2 Å². The van der Waals surface area contributed by atoms with Crippen LogP contribution in [0.1, 0.15) is 24.2 Å². The van der Waals surface area contributed by atoms with Crippen LogP contribution in [0.25, 0.3) is 0 Å². The number of nitrogens with one attached hydrogen (secondary N) is 2. The smallest absolute Gasteiger partial charge is 0.251 e. The summed E-state index contributed by atoms with van der Waals surface area (Å²) in [4.78, 5) is 28.7. The van der Waals surface area contributed by atoms with E-state index in [2.05, 4.69) is 15.6 Å². The second kappa shape index (κ2) is 11.9. The summed E-state index contributed by atoms with van der Waals surface area (Å²) in [5, 5.41) is 5.52. The molecule has 0 aliphatic rings. The van der Waals surface area contributed by atoms with Crippen LogP contribution in [0.4, 0.5) is 5.69 Å². The van der Waals surface area contributed by atoms with Gasteiger partial charge < -0.3 is 31.6 Å². The molecule has 27 heavy (non-hydrogen) atoms. The van der Waals surface area contributed by atoms with Crippen molar-refractivity contribution in [2.75, 3.05) is 33.5 Å². The number of carbonyl (C=O) groups is 2. The third-order valence-corrected chi connectivity index (χ3v) is 3.60. The van der Waals surface area contributed by atoms with Gasteiger partial charge in [-0.1, -0.05) is 13.8 Å². The van der Waals surface area contributed by atoms with Gasteiger partial charge >= 0.3 is 0 Å². The second-order valence-corrected chi connectivity index (χ2v) is 6.17. The maximum atomic E-state index is 12.4. The van der Waals surface area contributed by atoms with Crippen molar-refractivity contribution in [3.05, 3.63) is 29.8 Å². The number of guanidine groups is 1. The average Bonchev–Trinajstić information content (AvgIpc) is 2.62. The fourth-order valence-corrected chi connectivity index (χ4v) is 2.20. The van der Waals surface area contributed by atoms with Crippen LogP contribution in [0.5, 0.6) is 0 Å². The summed E-state index contributed by atoms with van der Waals surface area (Å²) in [6, 6.07) is 5.77. The quantitative estimate of drug-likeness (QED) is 0.245. The first-order valence-electron chi connectivity index (χ1n) is 8.70. The molecule has 0 unspecified atom stereocenters. The highest BCUT2D eigenvalue weighted by atomic mass is 16.5. The molecule has 1 rings (SSSR count). The minimum absolute atomic E-state index is 0.0602. The molecule has 9 nitrogen and oxygen atoms in total. The summed E-state index contributed by atoms with van der Waals surface area (Å²) in [5.41, 5.74) is 11.6. The first-order valence-corrected chi connectivity index (χ1v) is 8.70. The number of aliphatic imine (C=N–C) groups is 1. The van der Waals surface area contributed by atoms with Crippen molar-refractivity contribution in [3.63, 3.8) is 0 Å². The molecule has 1 aromatic rings. The van der Waals surface area contributed by atoms with Crippen molar-refractivity contribution in [1.82, 2.24) is 10.6 Å². The molecule has 0 spiro atoms. The molecule has 6 N–H and O–H groups in total. The van der Waals surface area contributed by atoms with Gasteiger partial charge in [-0.25, -0.2) is 4.99 Å². The number of carbonyl (C=O) groups excluding carboxylic acids is 2. The van der Waals surface area contributed by atoms with Crippen molar-refractivity contribution in [2.45, 2.75) is 19.9 Å². The van der Waals surface area contributed by atoms with E-state index in [4.69, 9.17) is 20.9 Å². The third-order valence-electron chi connectivity index (χ3n) is 3.60. The molecule has 0 aliphatic carbocycles. The summed E-state index contributed by atoms with van der Waals surface area (Å²) in [5.74, 6) is -0.749. The molecule has 0 aromatic heterocycles. The van der Waals surface area contributed by atoms with Crippen molar-refractivity contribution in [2.24, 2.45) is 22.4 Å². The molecule has 1 atom stereocenters. The number of methoxy groups -OCH3 is 1. The summed E-state index contributed by atoms with van der Waals surface area (Å²) < 4.78 is 10.2. The van der Waals surface area contributed by atoms with E-state index in [0.717, 1.165) is 0 Å². The summed E-state index contributed by atoms with van der Waals surface area (Å²) >= 11 is 0. The third kappa shape index (κ3) is 8.52. The SMILES string of the molecule is COCCOCCNC(=O)[C@@H](NC(=O)c1ccc(N=C(N)N)cc1)C(C)C. The lowest BCUT2D eigenvalue weighted by molar-refractivity contribution is -0.124. The molecule has 0 bridgehead atoms. The van der Waals surface area contributed by atoms with Gasteiger partial charge in [-0.15, -0.1) is 0 Å². The molecule has 150 valence electrons. The largest absolute Gasteiger partial charge is 0.382 e. The molecule has 9 heteroatoms. The average molecular weight is 379 g/mol. The zero-order valence-corrected chi connectivity index (χ0v) is 16.0. The fraction of sp³-hybridized carbons (Fsp3) is 0.500. The van der Waals surface area contributed by atoms with Gasteiger partial charge in [0, 0.05) is 19.2 Å². The fourth-order valence-electron chi connectivity index (χ4n) is 2.20. The Morgan fingerprint density at radius 3 is 2.33 bits per heavy atom. The van der Waals surface area contributed by atoms with Gasteiger partial charge in [-0.3, -0.25) is 9.59 Å². The summed E-state index contributed by atoms with van der Waals surface area (Å²) in [7, 11) is 1.59. The van der Waals surface area contributed by atoms with Crippen LogP contribution < -0.4 is 22.1 Å². The molecule has 0 aliphatic heterocycles. The highest BCUT2D eigenvalue weighted by Crippen LogP contribution is 2.13. The standard InChI is InChI=1S/C18H29N5O4/c1-12(2)15(17(25)21-8-9-27-11-10-26-3)23-16(24)13-4-6-14(7-5-13)22-18(19)20/h4-7,12,15H,8-11H2,1-3H3,(H,21,25)(H,23,24)(H4,19,20,22)/t15-/m0/s1. The molecule has 0 fully saturated rings. The molecule has 1 aromatic carbocycles. The highest BCUT2D eigenvalue weighted by Gasteiger charge is 2.24. The molecule has 0 saturated heterocycles. The first-order chi connectivity index (χ1) is 12.8. The second-order valence-electron chi connectivity index (χ2n) is 6.17. The molecular formula is C18H29N5O4. The highest BCUT2D eigenvalue weighted by molar-refractivity contribution is 5.97. The summed E-state index contributed by atoms with van der Waals surface area (Å²) in [6.07, 6.45) is 0. The Kier molecular flexibility index (Phi) is 9.84. The Hall–Kier alpha value is -2.65. The minimum atomic E-state index is -0.658. The van der Waals surface area contributed by atoms with Crippen molar-refractivity contribution >= 4 is 23.5 Å². The van der Waals surface area contributed by atoms with E-state index in [1.54, 1.807) is 31.4 Å². The molecular weight excluding hydrogens is 350 g/mol. The minimum Gasteiger partial charge on any atom is -0.382 e. The lowest BCUT2D eigenvalue weighted by atomic mass is 10.0. The van der Waals surface area contributed by atoms with Crippen LogP contribution >= 0.6 is 0 Å². The maximum Gasteiger partial charge on any atom is 0.251 e. The predicted octanol–water partition coefficient (Wildman–Crippen LogP) is 0.125. The Bertz CT molecular complexity index is 627. The van der Waals surface area contributed by atoms with Crippen LogP contribution in [0.2, 0.25) is 0 Å². The number of hydrogen-bond donors (Lipinski definition) is 4. The molecule has 0 heterocycles. The monoisotopic (exact) mass is 379 g/mol. The van der Waals surface area contributed by atoms with E-state index >= 15 is 0 Å². The van der Waals surface area contributed by atoms with Gasteiger partial charge in [0.15, 0.2) is 5.96 Å². The van der Waals surface area contributed by atoms with Crippen molar-refractivity contribution in [3.8, 4) is 0 Å². The van der Waals surface area contributed by atoms with Crippen LogP contribution in [-0.2, 0) is 14.3 Å². The van der Waals surface area contributed by atoms with Gasteiger partial charge in [-0.2, -0.15) is 0 Å². The normalized spacial score (nSPS) is 11.7. The zero-order valence-electron chi connectivity index (χ0n) is 16.0. The van der Waals surface area contributed by atoms with Crippen molar-refractivity contribution < 1.29 is 19.1 Å². The van der Waals surface area contributed by atoms with Gasteiger partial charge in [0.25, 0.3) is 5.91 Å². The van der Waals surface area contributed by atoms with Gasteiger partial charge in [0.05, 0.1) is 25.5 Å². The Morgan fingerprint density at radius 1 is 1.11 bits per heavy atom. The lowest BCUT2D eigenvalue weighted by Gasteiger charge is -2.21. The number of nitrogens with zero attached hydrogens (tertiary/aromatic N) is 1. The Balaban J connectivity index is 2.58. The number of ether oxygens (including phenoxy) is 2. The summed E-state index contributed by atoms with van der Waals surface area (Å²) in [6.45, 7) is 5.42. The number of rotatable bonds is 11. The topological polar surface area (TPSA) is 141 Å². The van der Waals surface area contributed by atoms with E-state index in [-0.39, 0.29) is 23.7 Å². The van der Waals surface area contributed by atoms with Crippen molar-refractivity contribution in [1.29, 1.82) is 0 Å². The number of hydrogen-bond acceptors (Lipinski definition) is 5. The van der Waals surface area contributed by atoms with E-state index in [9.17, 15) is 9.59 Å². The van der Waals surface area contributed by atoms with E-state index in [1.807, 2.05) is 13.8 Å². The van der Waals surface area contributed by atoms with Crippen LogP contribution in [0.3, 0.4) is 0 Å². The molecule has 0 radical (unpaired) electrons. The van der Waals surface area contributed by atoms with E-state index < -0.39 is 6.04 Å². The van der Waals surface area contributed by atoms with Gasteiger partial charge in [0.2, 0.25) is 5.91 Å². The van der Waals surface area contributed by atoms with Crippen LogP contribution in [0.15, 0.2) is 29.3 Å². The van der Waals surface area contributed by atoms with Crippen LogP contribution in [-0.4, -0.2) is 57.3 Å². The lowest BCUT2D eigenvalue weighted by Crippen LogP contribution is -2.50. The Morgan fingerprint density at radius 2 is 1.78 bits per heavy atom. The zero-order chi connectivity index (χ0) is 20.2. The number of benzene rings is 1. The van der Waals surface area contributed by atoms with E-state index in [1.165, 1.54) is 0 Å². The molecule has 0 saturated carbocycles. The van der Waals surface area contributed by atoms with Crippen LogP contribution in [0, 0.1) is 5.92 Å².